The largest absolute Gasteiger partial charge is 0.477 e. The summed E-state index contributed by atoms with van der Waals surface area (Å²) >= 11 is 1.29. The van der Waals surface area contributed by atoms with Crippen LogP contribution in [-0.4, -0.2) is 29.1 Å². The van der Waals surface area contributed by atoms with E-state index >= 15 is 0 Å². The third-order valence-electron chi connectivity index (χ3n) is 2.81. The Labute approximate surface area is 98.9 Å². The van der Waals surface area contributed by atoms with Gasteiger partial charge in [-0.25, -0.2) is 9.78 Å². The molecular formula is C11H16N2O2S. The Morgan fingerprint density at radius 2 is 2.31 bits per heavy atom. The van der Waals surface area contributed by atoms with Gasteiger partial charge in [-0.3, -0.25) is 0 Å². The van der Waals surface area contributed by atoms with Gasteiger partial charge in [0, 0.05) is 13.1 Å². The SMILES string of the molecule is CCN(CC1CC1)c1nc(C)c(C(=O)O)s1. The molecule has 0 aliphatic heterocycles. The topological polar surface area (TPSA) is 53.4 Å². The second-order valence-electron chi connectivity index (χ2n) is 4.20. The van der Waals surface area contributed by atoms with Gasteiger partial charge in [0.15, 0.2) is 5.13 Å². The molecule has 0 atom stereocenters. The van der Waals surface area contributed by atoms with Gasteiger partial charge in [-0.1, -0.05) is 11.3 Å². The highest BCUT2D eigenvalue weighted by molar-refractivity contribution is 7.17. The predicted octanol–water partition coefficient (Wildman–Crippen LogP) is 2.39. The number of aryl methyl sites for hydroxylation is 1. The molecule has 1 N–H and O–H groups in total. The Hall–Kier alpha value is -1.10. The van der Waals surface area contributed by atoms with Crippen molar-refractivity contribution in [3.63, 3.8) is 0 Å². The van der Waals surface area contributed by atoms with Crippen molar-refractivity contribution in [1.29, 1.82) is 0 Å². The zero-order chi connectivity index (χ0) is 11.7. The Morgan fingerprint density at radius 1 is 1.62 bits per heavy atom. The van der Waals surface area contributed by atoms with Gasteiger partial charge in [-0.2, -0.15) is 0 Å². The Morgan fingerprint density at radius 3 is 2.75 bits per heavy atom. The van der Waals surface area contributed by atoms with Gasteiger partial charge in [0.25, 0.3) is 0 Å². The number of aromatic carboxylic acids is 1. The molecule has 1 heterocycles. The van der Waals surface area contributed by atoms with E-state index in [1.54, 1.807) is 6.92 Å². The molecule has 1 aromatic rings. The summed E-state index contributed by atoms with van der Waals surface area (Å²) in [5.74, 6) is -0.0823. The molecule has 1 saturated carbocycles. The molecule has 0 amide bonds. The first kappa shape index (κ1) is 11.4. The Bertz CT molecular complexity index is 399. The smallest absolute Gasteiger partial charge is 0.347 e. The lowest BCUT2D eigenvalue weighted by atomic mass is 10.4. The maximum Gasteiger partial charge on any atom is 0.347 e. The van der Waals surface area contributed by atoms with Crippen LogP contribution in [0.15, 0.2) is 0 Å². The van der Waals surface area contributed by atoms with Crippen LogP contribution < -0.4 is 4.90 Å². The molecule has 4 nitrogen and oxygen atoms in total. The fraction of sp³-hybridized carbons (Fsp3) is 0.636. The molecule has 1 aromatic heterocycles. The minimum Gasteiger partial charge on any atom is -0.477 e. The first-order chi connectivity index (χ1) is 7.61. The molecule has 2 rings (SSSR count). The summed E-state index contributed by atoms with van der Waals surface area (Å²) < 4.78 is 0. The van der Waals surface area contributed by atoms with Crippen LogP contribution in [0.2, 0.25) is 0 Å². The number of carbonyl (C=O) groups is 1. The van der Waals surface area contributed by atoms with Crippen molar-refractivity contribution < 1.29 is 9.90 Å². The molecule has 0 unspecified atom stereocenters. The van der Waals surface area contributed by atoms with Crippen LogP contribution in [0.25, 0.3) is 0 Å². The van der Waals surface area contributed by atoms with Crippen molar-refractivity contribution in [2.75, 3.05) is 18.0 Å². The first-order valence-electron chi connectivity index (χ1n) is 5.57. The van der Waals surface area contributed by atoms with Crippen LogP contribution in [-0.2, 0) is 0 Å². The number of carboxylic acids is 1. The van der Waals surface area contributed by atoms with E-state index in [4.69, 9.17) is 5.11 Å². The molecule has 0 bridgehead atoms. The van der Waals surface area contributed by atoms with Gasteiger partial charge in [0.2, 0.25) is 0 Å². The lowest BCUT2D eigenvalue weighted by Crippen LogP contribution is -2.24. The quantitative estimate of drug-likeness (QED) is 0.858. The minimum atomic E-state index is -0.872. The maximum atomic E-state index is 10.9. The molecule has 1 aliphatic rings. The van der Waals surface area contributed by atoms with Gasteiger partial charge < -0.3 is 10.0 Å². The van der Waals surface area contributed by atoms with Crippen molar-refractivity contribution >= 4 is 22.4 Å². The van der Waals surface area contributed by atoms with Crippen molar-refractivity contribution in [1.82, 2.24) is 4.98 Å². The van der Waals surface area contributed by atoms with E-state index in [1.807, 2.05) is 0 Å². The third kappa shape index (κ3) is 2.35. The summed E-state index contributed by atoms with van der Waals surface area (Å²) in [6.45, 7) is 5.75. The average molecular weight is 240 g/mol. The summed E-state index contributed by atoms with van der Waals surface area (Å²) in [5, 5.41) is 9.83. The highest BCUT2D eigenvalue weighted by Crippen LogP contribution is 2.33. The van der Waals surface area contributed by atoms with Crippen molar-refractivity contribution in [3.8, 4) is 0 Å². The monoisotopic (exact) mass is 240 g/mol. The lowest BCUT2D eigenvalue weighted by Gasteiger charge is -2.19. The second-order valence-corrected chi connectivity index (χ2v) is 5.18. The normalized spacial score (nSPS) is 15.1. The van der Waals surface area contributed by atoms with E-state index in [0.717, 1.165) is 24.1 Å². The highest BCUT2D eigenvalue weighted by Gasteiger charge is 2.26. The van der Waals surface area contributed by atoms with Gasteiger partial charge in [0.05, 0.1) is 5.69 Å². The number of rotatable bonds is 5. The number of hydrogen-bond donors (Lipinski definition) is 1. The summed E-state index contributed by atoms with van der Waals surface area (Å²) in [6, 6.07) is 0. The fourth-order valence-electron chi connectivity index (χ4n) is 1.67. The molecule has 0 aromatic carbocycles. The van der Waals surface area contributed by atoms with Crippen LogP contribution in [0, 0.1) is 12.8 Å². The molecular weight excluding hydrogens is 224 g/mol. The number of aromatic nitrogens is 1. The van der Waals surface area contributed by atoms with Crippen molar-refractivity contribution in [2.45, 2.75) is 26.7 Å². The number of nitrogens with zero attached hydrogens (tertiary/aromatic N) is 2. The van der Waals surface area contributed by atoms with Crippen LogP contribution >= 0.6 is 11.3 Å². The number of thiazole rings is 1. The molecule has 0 saturated heterocycles. The Kier molecular flexibility index (Phi) is 3.14. The molecule has 16 heavy (non-hydrogen) atoms. The van der Waals surface area contributed by atoms with E-state index < -0.39 is 5.97 Å². The molecule has 0 radical (unpaired) electrons. The number of carboxylic acid groups (broad SMARTS) is 1. The van der Waals surface area contributed by atoms with Crippen LogP contribution in [0.4, 0.5) is 5.13 Å². The van der Waals surface area contributed by atoms with Gasteiger partial charge >= 0.3 is 5.97 Å². The predicted molar refractivity (Wildman–Crippen MR) is 64.4 cm³/mol. The first-order valence-corrected chi connectivity index (χ1v) is 6.39. The van der Waals surface area contributed by atoms with Gasteiger partial charge in [0.1, 0.15) is 4.88 Å². The van der Waals surface area contributed by atoms with E-state index in [0.29, 0.717) is 10.6 Å². The Balaban J connectivity index is 2.16. The summed E-state index contributed by atoms with van der Waals surface area (Å²) in [5.41, 5.74) is 0.627. The standard InChI is InChI=1S/C11H16N2O2S/c1-3-13(6-8-4-5-8)11-12-7(2)9(16-11)10(14)15/h8H,3-6H2,1-2H3,(H,14,15). The van der Waals surface area contributed by atoms with E-state index in [9.17, 15) is 4.79 Å². The molecule has 88 valence electrons. The van der Waals surface area contributed by atoms with E-state index in [-0.39, 0.29) is 0 Å². The van der Waals surface area contributed by atoms with Gasteiger partial charge in [-0.05, 0) is 32.6 Å². The lowest BCUT2D eigenvalue weighted by molar-refractivity contribution is 0.0701. The van der Waals surface area contributed by atoms with Gasteiger partial charge in [-0.15, -0.1) is 0 Å². The molecule has 1 aliphatic carbocycles. The number of anilines is 1. The van der Waals surface area contributed by atoms with Crippen LogP contribution in [0.3, 0.4) is 0 Å². The maximum absolute atomic E-state index is 10.9. The van der Waals surface area contributed by atoms with Crippen LogP contribution in [0.1, 0.15) is 35.1 Å². The fourth-order valence-corrected chi connectivity index (χ4v) is 2.65. The van der Waals surface area contributed by atoms with E-state index in [2.05, 4.69) is 16.8 Å². The summed E-state index contributed by atoms with van der Waals surface area (Å²) in [6.07, 6.45) is 2.60. The van der Waals surface area contributed by atoms with Crippen molar-refractivity contribution in [3.05, 3.63) is 10.6 Å². The number of hydrogen-bond acceptors (Lipinski definition) is 4. The second kappa shape index (κ2) is 4.41. The van der Waals surface area contributed by atoms with Crippen LogP contribution in [0.5, 0.6) is 0 Å². The zero-order valence-electron chi connectivity index (χ0n) is 9.56. The average Bonchev–Trinajstić information content (AvgIpc) is 2.97. The molecule has 1 fully saturated rings. The third-order valence-corrected chi connectivity index (χ3v) is 4.01. The van der Waals surface area contributed by atoms with Crippen molar-refractivity contribution in [2.24, 2.45) is 5.92 Å². The minimum absolute atomic E-state index is 0.365. The highest BCUT2D eigenvalue weighted by atomic mass is 32.1. The zero-order valence-corrected chi connectivity index (χ0v) is 10.4. The van der Waals surface area contributed by atoms with E-state index in [1.165, 1.54) is 24.2 Å². The summed E-state index contributed by atoms with van der Waals surface area (Å²) in [4.78, 5) is 17.8. The molecule has 5 heteroatoms. The summed E-state index contributed by atoms with van der Waals surface area (Å²) in [7, 11) is 0. The molecule has 0 spiro atoms.